The molecule has 3 heterocycles. The van der Waals surface area contributed by atoms with Crippen LogP contribution in [-0.2, 0) is 6.54 Å². The molecular formula is C24H20F3N5O. The highest BCUT2D eigenvalue weighted by Gasteiger charge is 2.29. The molecule has 4 aromatic rings. The lowest BCUT2D eigenvalue weighted by atomic mass is 9.97. The maximum atomic E-state index is 13.7. The van der Waals surface area contributed by atoms with E-state index in [4.69, 9.17) is 4.74 Å². The van der Waals surface area contributed by atoms with Crippen molar-refractivity contribution in [2.24, 2.45) is 0 Å². The molecule has 0 amide bonds. The van der Waals surface area contributed by atoms with Crippen molar-refractivity contribution in [1.82, 2.24) is 24.3 Å². The Balaban J connectivity index is 1.41. The van der Waals surface area contributed by atoms with E-state index >= 15 is 0 Å². The summed E-state index contributed by atoms with van der Waals surface area (Å²) in [6.07, 6.45) is 7.98. The van der Waals surface area contributed by atoms with E-state index in [-0.39, 0.29) is 5.92 Å². The molecule has 0 N–H and O–H groups in total. The lowest BCUT2D eigenvalue weighted by Gasteiger charge is -2.10. The van der Waals surface area contributed by atoms with Crippen LogP contribution in [0.1, 0.15) is 40.8 Å². The van der Waals surface area contributed by atoms with Crippen LogP contribution in [0.4, 0.5) is 13.2 Å². The summed E-state index contributed by atoms with van der Waals surface area (Å²) in [5.74, 6) is -2.29. The van der Waals surface area contributed by atoms with Crippen molar-refractivity contribution in [3.63, 3.8) is 0 Å². The van der Waals surface area contributed by atoms with Crippen LogP contribution < -0.4 is 4.74 Å². The molecule has 0 aliphatic carbocycles. The molecule has 0 saturated heterocycles. The van der Waals surface area contributed by atoms with Crippen LogP contribution in [0.25, 0.3) is 17.8 Å². The van der Waals surface area contributed by atoms with Gasteiger partial charge in [0.05, 0.1) is 24.8 Å². The molecular weight excluding hydrogens is 431 g/mol. The quantitative estimate of drug-likeness (QED) is 0.405. The summed E-state index contributed by atoms with van der Waals surface area (Å²) in [6.45, 7) is 2.51. The van der Waals surface area contributed by atoms with Gasteiger partial charge in [0.1, 0.15) is 11.6 Å². The van der Waals surface area contributed by atoms with Crippen LogP contribution in [0, 0.1) is 24.4 Å². The normalized spacial score (nSPS) is 15.4. The predicted octanol–water partition coefficient (Wildman–Crippen LogP) is 4.90. The Morgan fingerprint density at radius 2 is 1.85 bits per heavy atom. The summed E-state index contributed by atoms with van der Waals surface area (Å²) in [7, 11) is 1.61. The number of imidazole rings is 1. The highest BCUT2D eigenvalue weighted by molar-refractivity contribution is 5.69. The van der Waals surface area contributed by atoms with Crippen LogP contribution in [0.15, 0.2) is 42.9 Å². The molecule has 0 spiro atoms. The third-order valence-electron chi connectivity index (χ3n) is 5.79. The highest BCUT2D eigenvalue weighted by Crippen LogP contribution is 2.35. The molecule has 168 valence electrons. The van der Waals surface area contributed by atoms with E-state index in [0.717, 1.165) is 29.1 Å². The molecule has 0 fully saturated rings. The zero-order valence-electron chi connectivity index (χ0n) is 18.0. The van der Waals surface area contributed by atoms with Gasteiger partial charge in [0.15, 0.2) is 23.3 Å². The largest absolute Gasteiger partial charge is 0.495 e. The molecule has 9 heteroatoms. The number of methoxy groups -OCH3 is 1. The monoisotopic (exact) mass is 451 g/mol. The number of ether oxygens (including phenoxy) is 1. The summed E-state index contributed by atoms with van der Waals surface area (Å²) in [5, 5.41) is 8.45. The van der Waals surface area contributed by atoms with E-state index in [0.29, 0.717) is 35.9 Å². The molecule has 5 rings (SSSR count). The van der Waals surface area contributed by atoms with Crippen LogP contribution >= 0.6 is 0 Å². The van der Waals surface area contributed by atoms with Crippen molar-refractivity contribution in [2.75, 3.05) is 7.11 Å². The molecule has 1 aliphatic heterocycles. The average Bonchev–Trinajstić information content (AvgIpc) is 3.52. The van der Waals surface area contributed by atoms with Crippen molar-refractivity contribution in [3.8, 4) is 11.4 Å². The molecule has 6 nitrogen and oxygen atoms in total. The molecule has 0 bridgehead atoms. The minimum atomic E-state index is -1.47. The second-order valence-corrected chi connectivity index (χ2v) is 7.89. The minimum absolute atomic E-state index is 0.345. The third kappa shape index (κ3) is 3.79. The molecule has 0 radical (unpaired) electrons. The van der Waals surface area contributed by atoms with Gasteiger partial charge in [0.25, 0.3) is 0 Å². The van der Waals surface area contributed by atoms with E-state index in [2.05, 4.69) is 15.2 Å². The fraction of sp³-hybridized carbons (Fsp3) is 0.208. The van der Waals surface area contributed by atoms with Gasteiger partial charge >= 0.3 is 0 Å². The second kappa shape index (κ2) is 8.23. The Kier molecular flexibility index (Phi) is 5.24. The van der Waals surface area contributed by atoms with Gasteiger partial charge in [-0.05, 0) is 54.8 Å². The minimum Gasteiger partial charge on any atom is -0.495 e. The maximum Gasteiger partial charge on any atom is 0.194 e. The van der Waals surface area contributed by atoms with Crippen molar-refractivity contribution < 1.29 is 17.9 Å². The van der Waals surface area contributed by atoms with Crippen LogP contribution in [0.2, 0.25) is 0 Å². The van der Waals surface area contributed by atoms with E-state index in [1.165, 1.54) is 0 Å². The summed E-state index contributed by atoms with van der Waals surface area (Å²) < 4.78 is 50.1. The lowest BCUT2D eigenvalue weighted by Crippen LogP contribution is -2.02. The standard InChI is InChI=1S/C24H20F3N5O/c1-14-12-31(13-28-14)20-5-3-15(9-21(20)33-2)4-6-22-29-30-24-17(7-8-32(22)24)16-10-18(25)23(27)19(26)11-16/h3-6,9-13,17H,7-8H2,1-2H3/t17-/m0/s1. The van der Waals surface area contributed by atoms with E-state index < -0.39 is 17.5 Å². The molecule has 1 atom stereocenters. The molecule has 2 aromatic carbocycles. The fourth-order valence-corrected chi connectivity index (χ4v) is 4.15. The number of fused-ring (bicyclic) bond motifs is 1. The zero-order chi connectivity index (χ0) is 23.1. The lowest BCUT2D eigenvalue weighted by molar-refractivity contribution is 0.413. The molecule has 0 unspecified atom stereocenters. The average molecular weight is 451 g/mol. The van der Waals surface area contributed by atoms with E-state index in [9.17, 15) is 13.2 Å². The predicted molar refractivity (Wildman–Crippen MR) is 117 cm³/mol. The van der Waals surface area contributed by atoms with Gasteiger partial charge in [-0.15, -0.1) is 10.2 Å². The van der Waals surface area contributed by atoms with Crippen LogP contribution in [0.5, 0.6) is 5.75 Å². The smallest absolute Gasteiger partial charge is 0.194 e. The van der Waals surface area contributed by atoms with Crippen molar-refractivity contribution >= 4 is 12.2 Å². The molecule has 33 heavy (non-hydrogen) atoms. The van der Waals surface area contributed by atoms with E-state index in [1.54, 1.807) is 13.4 Å². The second-order valence-electron chi connectivity index (χ2n) is 7.89. The first-order chi connectivity index (χ1) is 15.9. The number of hydrogen-bond acceptors (Lipinski definition) is 4. The topological polar surface area (TPSA) is 57.8 Å². The van der Waals surface area contributed by atoms with Crippen LogP contribution in [0.3, 0.4) is 0 Å². The first kappa shape index (κ1) is 21.0. The van der Waals surface area contributed by atoms with Crippen molar-refractivity contribution in [1.29, 1.82) is 0 Å². The number of halogens is 3. The Labute approximate surface area is 188 Å². The summed E-state index contributed by atoms with van der Waals surface area (Å²) in [5.41, 5.74) is 3.04. The number of aromatic nitrogens is 5. The Morgan fingerprint density at radius 3 is 2.55 bits per heavy atom. The first-order valence-electron chi connectivity index (χ1n) is 10.4. The Hall–Kier alpha value is -3.88. The Morgan fingerprint density at radius 1 is 1.06 bits per heavy atom. The SMILES string of the molecule is COc1cc(C=Cc2nnc3n2CC[C@H]3c2cc(F)c(F)c(F)c2)ccc1-n1cnc(C)c1. The van der Waals surface area contributed by atoms with E-state index in [1.807, 2.05) is 52.6 Å². The third-order valence-corrected chi connectivity index (χ3v) is 5.79. The van der Waals surface area contributed by atoms with Gasteiger partial charge in [0, 0.05) is 18.7 Å². The van der Waals surface area contributed by atoms with Gasteiger partial charge in [-0.1, -0.05) is 12.1 Å². The maximum absolute atomic E-state index is 13.7. The van der Waals surface area contributed by atoms with Gasteiger partial charge in [0.2, 0.25) is 0 Å². The summed E-state index contributed by atoms with van der Waals surface area (Å²) in [4.78, 5) is 4.25. The molecule has 2 aromatic heterocycles. The zero-order valence-corrected chi connectivity index (χ0v) is 18.0. The van der Waals surface area contributed by atoms with Gasteiger partial charge in [-0.3, -0.25) is 0 Å². The molecule has 0 saturated carbocycles. The Bertz CT molecular complexity index is 1350. The summed E-state index contributed by atoms with van der Waals surface area (Å²) >= 11 is 0. The first-order valence-corrected chi connectivity index (χ1v) is 10.4. The van der Waals surface area contributed by atoms with Crippen molar-refractivity contribution in [2.45, 2.75) is 25.8 Å². The van der Waals surface area contributed by atoms with Gasteiger partial charge in [-0.2, -0.15) is 0 Å². The van der Waals surface area contributed by atoms with Crippen molar-refractivity contribution in [3.05, 3.63) is 88.8 Å². The van der Waals surface area contributed by atoms with Crippen LogP contribution in [-0.4, -0.2) is 31.4 Å². The summed E-state index contributed by atoms with van der Waals surface area (Å²) in [6, 6.07) is 7.87. The number of nitrogens with zero attached hydrogens (tertiary/aromatic N) is 5. The van der Waals surface area contributed by atoms with Gasteiger partial charge < -0.3 is 13.9 Å². The number of aryl methyl sites for hydroxylation is 1. The highest BCUT2D eigenvalue weighted by atomic mass is 19.2. The van der Waals surface area contributed by atoms with Gasteiger partial charge in [-0.25, -0.2) is 18.2 Å². The number of hydrogen-bond donors (Lipinski definition) is 0. The molecule has 1 aliphatic rings. The number of rotatable bonds is 5. The fourth-order valence-electron chi connectivity index (χ4n) is 4.15. The number of benzene rings is 2.